The van der Waals surface area contributed by atoms with Crippen LogP contribution in [0.25, 0.3) is 0 Å². The van der Waals surface area contributed by atoms with Crippen LogP contribution in [0.2, 0.25) is 0 Å². The van der Waals surface area contributed by atoms with Gasteiger partial charge in [0, 0.05) is 17.4 Å². The molecule has 6 nitrogen and oxygen atoms in total. The predicted octanol–water partition coefficient (Wildman–Crippen LogP) is -0.301. The summed E-state index contributed by atoms with van der Waals surface area (Å²) in [5.74, 6) is -2.11. The van der Waals surface area contributed by atoms with E-state index in [1.165, 1.54) is 6.92 Å². The van der Waals surface area contributed by atoms with Gasteiger partial charge in [-0.2, -0.15) is 25.3 Å². The van der Waals surface area contributed by atoms with Crippen LogP contribution in [-0.2, 0) is 14.4 Å². The molecule has 0 radical (unpaired) electrons. The fourth-order valence-electron chi connectivity index (χ4n) is 1.22. The van der Waals surface area contributed by atoms with Crippen molar-refractivity contribution in [2.45, 2.75) is 37.6 Å². The molecule has 2 unspecified atom stereocenters. The summed E-state index contributed by atoms with van der Waals surface area (Å²) >= 11 is 8.06. The standard InChI is InChI=1S/C10H18N2O4S2/c1-5(13)11-6(4-17)8(14)12-7(9(15)16)10(2,3)18/h6-7,17-18H,4H2,1-3H3,(H,11,13)(H,12,14)(H,15,16). The first-order valence-corrected chi connectivity index (χ1v) is 6.31. The van der Waals surface area contributed by atoms with Crippen LogP contribution in [0.15, 0.2) is 0 Å². The van der Waals surface area contributed by atoms with Crippen LogP contribution in [0, 0.1) is 0 Å². The number of carbonyl (C=O) groups excluding carboxylic acids is 2. The molecule has 8 heteroatoms. The van der Waals surface area contributed by atoms with E-state index in [1.54, 1.807) is 13.8 Å². The van der Waals surface area contributed by atoms with Crippen molar-refractivity contribution in [3.8, 4) is 0 Å². The minimum atomic E-state index is -1.19. The highest BCUT2D eigenvalue weighted by Crippen LogP contribution is 2.17. The molecule has 0 aliphatic rings. The van der Waals surface area contributed by atoms with Gasteiger partial charge in [0.2, 0.25) is 11.8 Å². The Morgan fingerprint density at radius 2 is 1.78 bits per heavy atom. The Morgan fingerprint density at radius 3 is 2.06 bits per heavy atom. The van der Waals surface area contributed by atoms with Gasteiger partial charge in [-0.05, 0) is 13.8 Å². The van der Waals surface area contributed by atoms with Gasteiger partial charge in [-0.3, -0.25) is 9.59 Å². The molecule has 0 aliphatic heterocycles. The van der Waals surface area contributed by atoms with Gasteiger partial charge in [-0.25, -0.2) is 4.79 Å². The molecule has 0 aromatic heterocycles. The van der Waals surface area contributed by atoms with E-state index in [1.807, 2.05) is 0 Å². The Balaban J connectivity index is 4.78. The number of carbonyl (C=O) groups is 3. The summed E-state index contributed by atoms with van der Waals surface area (Å²) in [7, 11) is 0. The molecular formula is C10H18N2O4S2. The molecule has 104 valence electrons. The molecule has 0 bridgehead atoms. The molecule has 0 saturated heterocycles. The minimum Gasteiger partial charge on any atom is -0.480 e. The lowest BCUT2D eigenvalue weighted by Crippen LogP contribution is -2.57. The lowest BCUT2D eigenvalue weighted by Gasteiger charge is -2.28. The van der Waals surface area contributed by atoms with Crippen LogP contribution >= 0.6 is 25.3 Å². The number of thiol groups is 2. The van der Waals surface area contributed by atoms with E-state index >= 15 is 0 Å². The molecule has 2 amide bonds. The van der Waals surface area contributed by atoms with E-state index in [0.717, 1.165) is 0 Å². The number of rotatable bonds is 6. The van der Waals surface area contributed by atoms with Gasteiger partial charge in [-0.15, -0.1) is 0 Å². The van der Waals surface area contributed by atoms with E-state index in [-0.39, 0.29) is 11.7 Å². The molecule has 0 aromatic rings. The fraction of sp³-hybridized carbons (Fsp3) is 0.700. The van der Waals surface area contributed by atoms with E-state index in [4.69, 9.17) is 5.11 Å². The lowest BCUT2D eigenvalue weighted by atomic mass is 10.0. The maximum atomic E-state index is 11.8. The first-order chi connectivity index (χ1) is 8.09. The number of aliphatic carboxylic acids is 1. The van der Waals surface area contributed by atoms with Crippen LogP contribution < -0.4 is 10.6 Å². The second-order valence-electron chi connectivity index (χ2n) is 4.37. The van der Waals surface area contributed by atoms with Gasteiger partial charge in [0.25, 0.3) is 0 Å². The van der Waals surface area contributed by atoms with E-state index in [0.29, 0.717) is 0 Å². The van der Waals surface area contributed by atoms with Crippen LogP contribution in [0.3, 0.4) is 0 Å². The molecule has 0 aliphatic carbocycles. The summed E-state index contributed by atoms with van der Waals surface area (Å²) in [6.07, 6.45) is 0. The fourth-order valence-corrected chi connectivity index (χ4v) is 1.65. The van der Waals surface area contributed by atoms with E-state index in [2.05, 4.69) is 35.9 Å². The maximum Gasteiger partial charge on any atom is 0.327 e. The first kappa shape index (κ1) is 17.1. The highest BCUT2D eigenvalue weighted by atomic mass is 32.1. The van der Waals surface area contributed by atoms with Crippen LogP contribution in [0.5, 0.6) is 0 Å². The average molecular weight is 294 g/mol. The van der Waals surface area contributed by atoms with Gasteiger partial charge < -0.3 is 15.7 Å². The lowest BCUT2D eigenvalue weighted by molar-refractivity contribution is -0.142. The molecule has 0 saturated carbocycles. The zero-order valence-corrected chi connectivity index (χ0v) is 12.2. The third-order valence-electron chi connectivity index (χ3n) is 2.12. The molecule has 3 N–H and O–H groups in total. The van der Waals surface area contributed by atoms with Gasteiger partial charge in [0.05, 0.1) is 0 Å². The topological polar surface area (TPSA) is 95.5 Å². The quantitative estimate of drug-likeness (QED) is 0.435. The third kappa shape index (κ3) is 5.63. The summed E-state index contributed by atoms with van der Waals surface area (Å²) in [4.78, 5) is 33.7. The molecule has 0 fully saturated rings. The number of amides is 2. The maximum absolute atomic E-state index is 11.8. The molecule has 0 aromatic carbocycles. The zero-order chi connectivity index (χ0) is 14.5. The monoisotopic (exact) mass is 294 g/mol. The Morgan fingerprint density at radius 1 is 1.28 bits per heavy atom. The van der Waals surface area contributed by atoms with Gasteiger partial charge in [0.1, 0.15) is 12.1 Å². The van der Waals surface area contributed by atoms with Crippen molar-refractivity contribution in [2.24, 2.45) is 0 Å². The second kappa shape index (κ2) is 6.89. The van der Waals surface area contributed by atoms with Crippen LogP contribution in [-0.4, -0.2) is 45.5 Å². The smallest absolute Gasteiger partial charge is 0.327 e. The second-order valence-corrected chi connectivity index (χ2v) is 5.89. The highest BCUT2D eigenvalue weighted by Gasteiger charge is 2.35. The Labute approximate surface area is 117 Å². The SMILES string of the molecule is CC(=O)NC(CS)C(=O)NC(C(=O)O)C(C)(C)S. The summed E-state index contributed by atoms with van der Waals surface area (Å²) in [6.45, 7) is 4.41. The van der Waals surface area contributed by atoms with E-state index in [9.17, 15) is 14.4 Å². The normalized spacial score (nSPS) is 14.5. The van der Waals surface area contributed by atoms with Crippen molar-refractivity contribution >= 4 is 43.0 Å². The van der Waals surface area contributed by atoms with Crippen molar-refractivity contribution in [3.05, 3.63) is 0 Å². The van der Waals surface area contributed by atoms with Crippen molar-refractivity contribution in [1.82, 2.24) is 10.6 Å². The molecule has 0 spiro atoms. The average Bonchev–Trinajstić information content (AvgIpc) is 2.19. The van der Waals surface area contributed by atoms with Crippen molar-refractivity contribution < 1.29 is 19.5 Å². The molecular weight excluding hydrogens is 276 g/mol. The van der Waals surface area contributed by atoms with Gasteiger partial charge >= 0.3 is 5.97 Å². The number of hydrogen-bond acceptors (Lipinski definition) is 5. The Kier molecular flexibility index (Phi) is 6.55. The van der Waals surface area contributed by atoms with Crippen LogP contribution in [0.1, 0.15) is 20.8 Å². The number of nitrogens with one attached hydrogen (secondary N) is 2. The van der Waals surface area contributed by atoms with E-state index < -0.39 is 28.7 Å². The van der Waals surface area contributed by atoms with Gasteiger partial charge in [0.15, 0.2) is 0 Å². The molecule has 18 heavy (non-hydrogen) atoms. The predicted molar refractivity (Wildman–Crippen MR) is 74.1 cm³/mol. The van der Waals surface area contributed by atoms with Crippen molar-refractivity contribution in [3.63, 3.8) is 0 Å². The number of carboxylic acids is 1. The first-order valence-electron chi connectivity index (χ1n) is 5.23. The Bertz CT molecular complexity index is 341. The molecule has 2 atom stereocenters. The van der Waals surface area contributed by atoms with Crippen molar-refractivity contribution in [2.75, 3.05) is 5.75 Å². The van der Waals surface area contributed by atoms with Crippen LogP contribution in [0.4, 0.5) is 0 Å². The largest absolute Gasteiger partial charge is 0.480 e. The minimum absolute atomic E-state index is 0.0742. The zero-order valence-electron chi connectivity index (χ0n) is 10.4. The summed E-state index contributed by atoms with van der Waals surface area (Å²) < 4.78 is -0.932. The third-order valence-corrected chi connectivity index (χ3v) is 2.74. The van der Waals surface area contributed by atoms with Gasteiger partial charge in [-0.1, -0.05) is 0 Å². The van der Waals surface area contributed by atoms with Crippen molar-refractivity contribution in [1.29, 1.82) is 0 Å². The summed E-state index contributed by atoms with van der Waals surface area (Å²) in [5.41, 5.74) is 0. The number of hydrogen-bond donors (Lipinski definition) is 5. The highest BCUT2D eigenvalue weighted by molar-refractivity contribution is 7.81. The molecule has 0 heterocycles. The Hall–Kier alpha value is -0.890. The summed E-state index contributed by atoms with van der Waals surface area (Å²) in [5, 5.41) is 13.7. The molecule has 0 rings (SSSR count). The summed E-state index contributed by atoms with van der Waals surface area (Å²) in [6, 6.07) is -2.03. The number of carboxylic acid groups (broad SMARTS) is 1.